The van der Waals surface area contributed by atoms with Gasteiger partial charge in [-0.25, -0.2) is 9.59 Å². The molecule has 2 rings (SSSR count). The highest BCUT2D eigenvalue weighted by Crippen LogP contribution is 2.13. The number of benzene rings is 1. The number of amides is 3. The molecule has 164 valence electrons. The summed E-state index contributed by atoms with van der Waals surface area (Å²) in [5.41, 5.74) is 1.39. The first kappa shape index (κ1) is 23.2. The fourth-order valence-corrected chi connectivity index (χ4v) is 3.03. The largest absolute Gasteiger partial charge is 0.456 e. The van der Waals surface area contributed by atoms with Crippen molar-refractivity contribution in [2.24, 2.45) is 5.92 Å². The first-order valence-electron chi connectivity index (χ1n) is 10.2. The van der Waals surface area contributed by atoms with Gasteiger partial charge in [-0.15, -0.1) is 0 Å². The number of carbonyl (C=O) groups is 3. The molecule has 0 aliphatic rings. The Morgan fingerprint density at radius 1 is 1.07 bits per heavy atom. The van der Waals surface area contributed by atoms with Gasteiger partial charge in [-0.05, 0) is 30.9 Å². The summed E-state index contributed by atoms with van der Waals surface area (Å²) >= 11 is 0. The van der Waals surface area contributed by atoms with Crippen LogP contribution in [0.4, 0.5) is 4.79 Å². The van der Waals surface area contributed by atoms with E-state index in [9.17, 15) is 19.2 Å². The molecule has 9 nitrogen and oxygen atoms in total. The molecular weight excluding hydrogens is 388 g/mol. The summed E-state index contributed by atoms with van der Waals surface area (Å²) in [6, 6.07) is 6.79. The smallest absolute Gasteiger partial charge is 0.329 e. The fourth-order valence-electron chi connectivity index (χ4n) is 3.03. The van der Waals surface area contributed by atoms with Crippen LogP contribution in [-0.2, 0) is 27.4 Å². The number of aryl methyl sites for hydroxylation is 2. The standard InChI is InChI=1S/C21H30N4O5/c1-4-12-24-16-7-5-6-8-17(16)25(21(24)29)13-10-19(27)30-14-18(26)23-20(28)22-11-9-15(2)3/h5-8,15H,4,9-14H2,1-3H3,(H2,22,23,26,28). The molecule has 0 saturated heterocycles. The van der Waals surface area contributed by atoms with Crippen LogP contribution in [-0.4, -0.2) is 40.2 Å². The number of nitrogens with zero attached hydrogens (tertiary/aromatic N) is 2. The Balaban J connectivity index is 1.84. The van der Waals surface area contributed by atoms with Crippen LogP contribution in [0.2, 0.25) is 0 Å². The summed E-state index contributed by atoms with van der Waals surface area (Å²) in [5, 5.41) is 4.67. The maximum absolute atomic E-state index is 12.7. The molecule has 3 amide bonds. The molecular formula is C21H30N4O5. The Morgan fingerprint density at radius 3 is 2.30 bits per heavy atom. The van der Waals surface area contributed by atoms with E-state index >= 15 is 0 Å². The Morgan fingerprint density at radius 2 is 1.70 bits per heavy atom. The van der Waals surface area contributed by atoms with E-state index in [2.05, 4.69) is 10.6 Å². The van der Waals surface area contributed by atoms with Crippen LogP contribution in [0.15, 0.2) is 29.1 Å². The van der Waals surface area contributed by atoms with Gasteiger partial charge in [-0.3, -0.25) is 24.0 Å². The molecule has 1 aromatic heterocycles. The molecule has 2 aromatic rings. The van der Waals surface area contributed by atoms with Crippen molar-refractivity contribution in [1.29, 1.82) is 0 Å². The number of carbonyl (C=O) groups excluding carboxylic acids is 3. The van der Waals surface area contributed by atoms with Gasteiger partial charge in [-0.2, -0.15) is 0 Å². The number of nitrogens with one attached hydrogen (secondary N) is 2. The topological polar surface area (TPSA) is 111 Å². The van der Waals surface area contributed by atoms with Crippen molar-refractivity contribution in [3.8, 4) is 0 Å². The average Bonchev–Trinajstić information content (AvgIpc) is 2.96. The Hall–Kier alpha value is -3.10. The maximum Gasteiger partial charge on any atom is 0.329 e. The number of ether oxygens (including phenoxy) is 1. The summed E-state index contributed by atoms with van der Waals surface area (Å²) in [7, 11) is 0. The molecule has 0 aliphatic carbocycles. The number of rotatable bonds is 10. The van der Waals surface area contributed by atoms with E-state index in [4.69, 9.17) is 4.74 Å². The second-order valence-electron chi connectivity index (χ2n) is 7.47. The zero-order chi connectivity index (χ0) is 22.1. The van der Waals surface area contributed by atoms with Crippen molar-refractivity contribution in [3.63, 3.8) is 0 Å². The Labute approximate surface area is 175 Å². The SMILES string of the molecule is CCCn1c(=O)n(CCC(=O)OCC(=O)NC(=O)NCCC(C)C)c2ccccc21. The Kier molecular flexibility index (Phi) is 8.64. The van der Waals surface area contributed by atoms with E-state index in [0.29, 0.717) is 19.0 Å². The lowest BCUT2D eigenvalue weighted by Gasteiger charge is -2.09. The summed E-state index contributed by atoms with van der Waals surface area (Å²) in [6.45, 7) is 6.69. The molecule has 9 heteroatoms. The summed E-state index contributed by atoms with van der Waals surface area (Å²) in [6.07, 6.45) is 1.55. The molecule has 0 bridgehead atoms. The number of para-hydroxylation sites is 2. The predicted octanol–water partition coefficient (Wildman–Crippen LogP) is 2.02. The van der Waals surface area contributed by atoms with E-state index < -0.39 is 24.5 Å². The van der Waals surface area contributed by atoms with Crippen LogP contribution in [0.25, 0.3) is 11.0 Å². The number of imide groups is 1. The molecule has 0 saturated carbocycles. The highest BCUT2D eigenvalue weighted by Gasteiger charge is 2.15. The Bertz CT molecular complexity index is 945. The first-order valence-corrected chi connectivity index (χ1v) is 10.2. The van der Waals surface area contributed by atoms with Crippen molar-refractivity contribution in [1.82, 2.24) is 19.8 Å². The van der Waals surface area contributed by atoms with E-state index in [1.54, 1.807) is 4.57 Å². The maximum atomic E-state index is 12.7. The minimum atomic E-state index is -0.706. The van der Waals surface area contributed by atoms with Crippen LogP contribution in [0.5, 0.6) is 0 Å². The van der Waals surface area contributed by atoms with Crippen molar-refractivity contribution in [3.05, 3.63) is 34.7 Å². The number of hydrogen-bond acceptors (Lipinski definition) is 5. The first-order chi connectivity index (χ1) is 14.3. The van der Waals surface area contributed by atoms with Gasteiger partial charge in [0.1, 0.15) is 0 Å². The second-order valence-corrected chi connectivity index (χ2v) is 7.47. The van der Waals surface area contributed by atoms with Gasteiger partial charge in [0.2, 0.25) is 0 Å². The number of urea groups is 1. The van der Waals surface area contributed by atoms with Crippen molar-refractivity contribution in [2.75, 3.05) is 13.2 Å². The molecule has 1 aromatic carbocycles. The third kappa shape index (κ3) is 6.47. The number of fused-ring (bicyclic) bond motifs is 1. The van der Waals surface area contributed by atoms with Crippen LogP contribution >= 0.6 is 0 Å². The summed E-state index contributed by atoms with van der Waals surface area (Å²) < 4.78 is 8.14. The monoisotopic (exact) mass is 418 g/mol. The molecule has 1 heterocycles. The molecule has 0 fully saturated rings. The molecule has 0 radical (unpaired) electrons. The normalized spacial score (nSPS) is 10.9. The third-order valence-electron chi connectivity index (χ3n) is 4.54. The van der Waals surface area contributed by atoms with Crippen LogP contribution in [0.1, 0.15) is 40.0 Å². The van der Waals surface area contributed by atoms with E-state index in [1.807, 2.05) is 45.0 Å². The summed E-state index contributed by atoms with van der Waals surface area (Å²) in [4.78, 5) is 48.0. The summed E-state index contributed by atoms with van der Waals surface area (Å²) in [5.74, 6) is -0.892. The van der Waals surface area contributed by atoms with Crippen molar-refractivity contribution in [2.45, 2.75) is 53.1 Å². The molecule has 0 aliphatic heterocycles. The van der Waals surface area contributed by atoms with Gasteiger partial charge >= 0.3 is 17.7 Å². The van der Waals surface area contributed by atoms with Gasteiger partial charge in [0.05, 0.1) is 17.5 Å². The number of aromatic nitrogens is 2. The van der Waals surface area contributed by atoms with Crippen LogP contribution < -0.4 is 16.3 Å². The number of hydrogen-bond donors (Lipinski definition) is 2. The number of esters is 1. The second kappa shape index (κ2) is 11.2. The fraction of sp³-hybridized carbons (Fsp3) is 0.524. The highest BCUT2D eigenvalue weighted by molar-refractivity contribution is 5.95. The van der Waals surface area contributed by atoms with Gasteiger partial charge < -0.3 is 10.1 Å². The van der Waals surface area contributed by atoms with Crippen molar-refractivity contribution >= 4 is 28.9 Å². The van der Waals surface area contributed by atoms with Gasteiger partial charge in [0.15, 0.2) is 6.61 Å². The minimum Gasteiger partial charge on any atom is -0.456 e. The average molecular weight is 418 g/mol. The van der Waals surface area contributed by atoms with Gasteiger partial charge in [0, 0.05) is 19.6 Å². The van der Waals surface area contributed by atoms with Crippen LogP contribution in [0, 0.1) is 5.92 Å². The lowest BCUT2D eigenvalue weighted by molar-refractivity contribution is -0.148. The third-order valence-corrected chi connectivity index (χ3v) is 4.54. The van der Waals surface area contributed by atoms with Gasteiger partial charge in [-0.1, -0.05) is 32.9 Å². The molecule has 0 spiro atoms. The zero-order valence-corrected chi connectivity index (χ0v) is 17.8. The molecule has 0 atom stereocenters. The van der Waals surface area contributed by atoms with Crippen molar-refractivity contribution < 1.29 is 19.1 Å². The molecule has 2 N–H and O–H groups in total. The highest BCUT2D eigenvalue weighted by atomic mass is 16.5. The van der Waals surface area contributed by atoms with E-state index in [0.717, 1.165) is 23.9 Å². The minimum absolute atomic E-state index is 0.0616. The lowest BCUT2D eigenvalue weighted by atomic mass is 10.1. The molecule has 0 unspecified atom stereocenters. The lowest BCUT2D eigenvalue weighted by Crippen LogP contribution is -2.42. The predicted molar refractivity (Wildman–Crippen MR) is 113 cm³/mol. The van der Waals surface area contributed by atoms with E-state index in [-0.39, 0.29) is 18.7 Å². The van der Waals surface area contributed by atoms with Crippen LogP contribution in [0.3, 0.4) is 0 Å². The van der Waals surface area contributed by atoms with Gasteiger partial charge in [0.25, 0.3) is 5.91 Å². The quantitative estimate of drug-likeness (QED) is 0.574. The zero-order valence-electron chi connectivity index (χ0n) is 17.8. The molecule has 30 heavy (non-hydrogen) atoms. The van der Waals surface area contributed by atoms with E-state index in [1.165, 1.54) is 4.57 Å². The number of imidazole rings is 1.